The van der Waals surface area contributed by atoms with Crippen molar-refractivity contribution < 1.29 is 32.3 Å². The van der Waals surface area contributed by atoms with E-state index in [0.717, 1.165) is 6.07 Å². The van der Waals surface area contributed by atoms with Crippen LogP contribution in [-0.2, 0) is 12.7 Å². The van der Waals surface area contributed by atoms with E-state index in [9.17, 15) is 32.3 Å². The van der Waals surface area contributed by atoms with E-state index in [-0.39, 0.29) is 56.5 Å². The summed E-state index contributed by atoms with van der Waals surface area (Å²) in [5, 5.41) is 9.57. The summed E-state index contributed by atoms with van der Waals surface area (Å²) in [6, 6.07) is 9.83. The summed E-state index contributed by atoms with van der Waals surface area (Å²) in [5.74, 6) is -1.76. The molecule has 0 radical (unpaired) electrons. The minimum Gasteiger partial charge on any atom is -0.478 e. The van der Waals surface area contributed by atoms with Crippen LogP contribution in [0, 0.1) is 25.6 Å². The van der Waals surface area contributed by atoms with E-state index in [0.29, 0.717) is 36.7 Å². The van der Waals surface area contributed by atoms with Gasteiger partial charge < -0.3 is 19.5 Å². The third-order valence-corrected chi connectivity index (χ3v) is 8.71. The van der Waals surface area contributed by atoms with Gasteiger partial charge in [-0.1, -0.05) is 37.6 Å². The lowest BCUT2D eigenvalue weighted by molar-refractivity contribution is -0.142. The zero-order valence-corrected chi connectivity index (χ0v) is 27.1. The number of aromatic nitrogens is 2. The first-order valence-electron chi connectivity index (χ1n) is 14.9. The SMILES string of the molecule is Cc1cc(N2CCN(C(=O)c3ccc4c(-c5ccc(Cl)c(F)c5)c(C(F)(F)F)n(CC(C)C)c4c3)C(C)(C)C2)nc(C)c1C(=O)O. The summed E-state index contributed by atoms with van der Waals surface area (Å²) in [6.45, 7) is 11.9. The van der Waals surface area contributed by atoms with Crippen molar-refractivity contribution in [2.24, 2.45) is 5.92 Å². The molecular weight excluding hydrogens is 624 g/mol. The van der Waals surface area contributed by atoms with Gasteiger partial charge in [0, 0.05) is 48.2 Å². The number of benzene rings is 2. The second-order valence-corrected chi connectivity index (χ2v) is 13.2. The highest BCUT2D eigenvalue weighted by Crippen LogP contribution is 2.45. The number of halogens is 5. The van der Waals surface area contributed by atoms with Gasteiger partial charge in [-0.2, -0.15) is 13.2 Å². The number of pyridine rings is 1. The van der Waals surface area contributed by atoms with Crippen molar-refractivity contribution in [2.75, 3.05) is 24.5 Å². The predicted molar refractivity (Wildman–Crippen MR) is 170 cm³/mol. The lowest BCUT2D eigenvalue weighted by Gasteiger charge is -2.47. The number of carboxylic acid groups (broad SMARTS) is 1. The lowest BCUT2D eigenvalue weighted by atomic mass is 9.96. The third-order valence-electron chi connectivity index (χ3n) is 8.41. The van der Waals surface area contributed by atoms with Crippen molar-refractivity contribution in [2.45, 2.75) is 59.8 Å². The summed E-state index contributed by atoms with van der Waals surface area (Å²) in [6.07, 6.45) is -4.77. The smallest absolute Gasteiger partial charge is 0.432 e. The van der Waals surface area contributed by atoms with Crippen molar-refractivity contribution in [1.29, 1.82) is 0 Å². The van der Waals surface area contributed by atoms with Crippen LogP contribution in [0.5, 0.6) is 0 Å². The number of rotatable bonds is 6. The largest absolute Gasteiger partial charge is 0.478 e. The maximum atomic E-state index is 14.7. The van der Waals surface area contributed by atoms with Crippen LogP contribution in [0.3, 0.4) is 0 Å². The fraction of sp³-hybridized carbons (Fsp3) is 0.382. The Bertz CT molecular complexity index is 1840. The molecule has 0 aliphatic carbocycles. The van der Waals surface area contributed by atoms with Gasteiger partial charge in [0.05, 0.1) is 21.8 Å². The predicted octanol–water partition coefficient (Wildman–Crippen LogP) is 8.23. The molecule has 2 aromatic heterocycles. The van der Waals surface area contributed by atoms with Gasteiger partial charge >= 0.3 is 12.1 Å². The number of carbonyl (C=O) groups excluding carboxylic acids is 1. The van der Waals surface area contributed by atoms with Crippen LogP contribution in [0.2, 0.25) is 5.02 Å². The highest BCUT2D eigenvalue weighted by Gasteiger charge is 2.41. The van der Waals surface area contributed by atoms with Crippen LogP contribution in [0.25, 0.3) is 22.0 Å². The first kappa shape index (κ1) is 33.2. The molecule has 0 atom stereocenters. The topological polar surface area (TPSA) is 78.7 Å². The Morgan fingerprint density at radius 2 is 1.76 bits per heavy atom. The Balaban J connectivity index is 1.55. The van der Waals surface area contributed by atoms with Crippen LogP contribution >= 0.6 is 11.6 Å². The first-order valence-corrected chi connectivity index (χ1v) is 15.3. The average Bonchev–Trinajstić information content (AvgIpc) is 3.26. The highest BCUT2D eigenvalue weighted by atomic mass is 35.5. The van der Waals surface area contributed by atoms with E-state index in [1.807, 2.05) is 18.7 Å². The molecule has 3 heterocycles. The minimum absolute atomic E-state index is 0.0235. The number of hydrogen-bond acceptors (Lipinski definition) is 4. The Kier molecular flexibility index (Phi) is 8.61. The van der Waals surface area contributed by atoms with Gasteiger partial charge in [-0.25, -0.2) is 14.2 Å². The Hall–Kier alpha value is -4.12. The summed E-state index contributed by atoms with van der Waals surface area (Å²) in [4.78, 5) is 33.9. The van der Waals surface area contributed by atoms with E-state index < -0.39 is 29.2 Å². The van der Waals surface area contributed by atoms with Crippen LogP contribution in [0.4, 0.5) is 23.4 Å². The van der Waals surface area contributed by atoms with Crippen molar-refractivity contribution in [3.05, 3.63) is 81.4 Å². The summed E-state index contributed by atoms with van der Waals surface area (Å²) >= 11 is 5.85. The molecule has 5 rings (SSSR count). The van der Waals surface area contributed by atoms with Crippen LogP contribution in [-0.4, -0.2) is 56.6 Å². The summed E-state index contributed by atoms with van der Waals surface area (Å²) < 4.78 is 59.9. The molecule has 0 bridgehead atoms. The number of carbonyl (C=O) groups is 2. The second kappa shape index (κ2) is 11.9. The number of piperazine rings is 1. The summed E-state index contributed by atoms with van der Waals surface area (Å²) in [7, 11) is 0. The Labute approximate surface area is 269 Å². The van der Waals surface area contributed by atoms with Gasteiger partial charge in [-0.05, 0) is 75.1 Å². The molecule has 1 N–H and O–H groups in total. The molecule has 1 aliphatic rings. The van der Waals surface area contributed by atoms with E-state index >= 15 is 0 Å². The summed E-state index contributed by atoms with van der Waals surface area (Å²) in [5.41, 5.74) is -0.152. The molecule has 7 nitrogen and oxygen atoms in total. The zero-order chi connectivity index (χ0) is 33.9. The molecule has 1 fully saturated rings. The number of nitrogens with zero attached hydrogens (tertiary/aromatic N) is 4. The van der Waals surface area contributed by atoms with Gasteiger partial charge in [-0.3, -0.25) is 4.79 Å². The number of hydrogen-bond donors (Lipinski definition) is 1. The van der Waals surface area contributed by atoms with Gasteiger partial charge in [0.1, 0.15) is 17.3 Å². The van der Waals surface area contributed by atoms with E-state index in [2.05, 4.69) is 4.98 Å². The van der Waals surface area contributed by atoms with Crippen molar-refractivity contribution in [3.63, 3.8) is 0 Å². The molecular formula is C34H35ClF4N4O3. The van der Waals surface area contributed by atoms with Gasteiger partial charge in [-0.15, -0.1) is 0 Å². The third kappa shape index (κ3) is 6.04. The molecule has 0 unspecified atom stereocenters. The first-order chi connectivity index (χ1) is 21.4. The molecule has 0 spiro atoms. The van der Waals surface area contributed by atoms with E-state index in [4.69, 9.17) is 11.6 Å². The van der Waals surface area contributed by atoms with Crippen molar-refractivity contribution >= 4 is 40.2 Å². The number of anilines is 1. The van der Waals surface area contributed by atoms with Gasteiger partial charge in [0.15, 0.2) is 0 Å². The molecule has 1 aliphatic heterocycles. The number of carboxylic acids is 1. The molecule has 1 amide bonds. The second-order valence-electron chi connectivity index (χ2n) is 12.8. The van der Waals surface area contributed by atoms with Crippen LogP contribution in [0.1, 0.15) is 65.4 Å². The van der Waals surface area contributed by atoms with Gasteiger partial charge in [0.25, 0.3) is 5.91 Å². The maximum absolute atomic E-state index is 14.7. The molecule has 244 valence electrons. The normalized spacial score (nSPS) is 15.2. The van der Waals surface area contributed by atoms with Crippen LogP contribution < -0.4 is 4.90 Å². The molecule has 4 aromatic rings. The quantitative estimate of drug-likeness (QED) is 0.211. The number of alkyl halides is 3. The molecule has 46 heavy (non-hydrogen) atoms. The standard InChI is InChI=1S/C34H35ClF4N4O3/c1-18(2)16-42-26-15-22(7-9-23(26)29(30(42)34(37,38)39)21-8-10-24(35)25(36)14-21)31(44)43-12-11-41(17-33(43,5)6)27-13-19(3)28(32(45)46)20(4)40-27/h7-10,13-15,18H,11-12,16-17H2,1-6H3,(H,45,46). The number of aryl methyl sites for hydroxylation is 2. The highest BCUT2D eigenvalue weighted by molar-refractivity contribution is 6.30. The number of fused-ring (bicyclic) bond motifs is 1. The van der Waals surface area contributed by atoms with Crippen molar-refractivity contribution in [1.82, 2.24) is 14.5 Å². The monoisotopic (exact) mass is 658 g/mol. The molecule has 0 saturated carbocycles. The molecule has 2 aromatic carbocycles. The fourth-order valence-electron chi connectivity index (χ4n) is 6.46. The fourth-order valence-corrected chi connectivity index (χ4v) is 6.57. The number of aromatic carboxylic acids is 1. The molecule has 12 heteroatoms. The van der Waals surface area contributed by atoms with Crippen LogP contribution in [0.15, 0.2) is 42.5 Å². The maximum Gasteiger partial charge on any atom is 0.432 e. The molecule has 1 saturated heterocycles. The average molecular weight is 659 g/mol. The van der Waals surface area contributed by atoms with E-state index in [1.165, 1.54) is 34.9 Å². The van der Waals surface area contributed by atoms with E-state index in [1.54, 1.807) is 38.7 Å². The Morgan fingerprint density at radius 3 is 2.33 bits per heavy atom. The Morgan fingerprint density at radius 1 is 1.07 bits per heavy atom. The lowest BCUT2D eigenvalue weighted by Crippen LogP contribution is -2.61. The van der Waals surface area contributed by atoms with Crippen molar-refractivity contribution in [3.8, 4) is 11.1 Å². The minimum atomic E-state index is -4.77. The zero-order valence-electron chi connectivity index (χ0n) is 26.4. The van der Waals surface area contributed by atoms with Gasteiger partial charge in [0.2, 0.25) is 0 Å². The number of amides is 1.